The van der Waals surface area contributed by atoms with Crippen molar-refractivity contribution in [2.45, 2.75) is 45.8 Å². The van der Waals surface area contributed by atoms with Crippen LogP contribution in [0.4, 0.5) is 10.5 Å². The van der Waals surface area contributed by atoms with Gasteiger partial charge in [0, 0.05) is 6.54 Å². The summed E-state index contributed by atoms with van der Waals surface area (Å²) >= 11 is 0. The monoisotopic (exact) mass is 253 g/mol. The molecule has 1 amide bonds. The highest BCUT2D eigenvalue weighted by atomic mass is 16.6. The van der Waals surface area contributed by atoms with Gasteiger partial charge in [0.25, 0.3) is 0 Å². The van der Waals surface area contributed by atoms with Crippen LogP contribution in [-0.4, -0.2) is 33.5 Å². The molecule has 0 saturated carbocycles. The molecular weight excluding hydrogens is 234 g/mol. The van der Waals surface area contributed by atoms with Gasteiger partial charge in [-0.1, -0.05) is 0 Å². The number of aromatic nitrogens is 2. The van der Waals surface area contributed by atoms with Crippen molar-refractivity contribution in [3.8, 4) is 0 Å². The number of fused-ring (bicyclic) bond motifs is 1. The molecule has 0 fully saturated rings. The predicted octanol–water partition coefficient (Wildman–Crippen LogP) is 1.59. The summed E-state index contributed by atoms with van der Waals surface area (Å²) in [5.41, 5.74) is 1.53. The van der Waals surface area contributed by atoms with Gasteiger partial charge in [-0.15, -0.1) is 0 Å². The molecule has 1 aromatic heterocycles. The molecule has 1 aliphatic rings. The van der Waals surface area contributed by atoms with Crippen molar-refractivity contribution in [1.82, 2.24) is 10.2 Å². The van der Waals surface area contributed by atoms with Crippen molar-refractivity contribution in [2.75, 3.05) is 11.4 Å². The normalized spacial score (nSPS) is 15.4. The number of nitrogens with one attached hydrogen (secondary N) is 1. The van der Waals surface area contributed by atoms with Crippen LogP contribution in [0.2, 0.25) is 0 Å². The van der Waals surface area contributed by atoms with Crippen molar-refractivity contribution in [3.05, 3.63) is 11.4 Å². The highest BCUT2D eigenvalue weighted by Gasteiger charge is 2.30. The Morgan fingerprint density at radius 1 is 1.56 bits per heavy atom. The van der Waals surface area contributed by atoms with E-state index in [-0.39, 0.29) is 12.7 Å². The van der Waals surface area contributed by atoms with E-state index in [1.54, 1.807) is 4.90 Å². The van der Waals surface area contributed by atoms with Crippen LogP contribution in [0.3, 0.4) is 0 Å². The molecule has 0 aromatic carbocycles. The Bertz CT molecular complexity index is 434. The van der Waals surface area contributed by atoms with Crippen molar-refractivity contribution in [3.63, 3.8) is 0 Å². The summed E-state index contributed by atoms with van der Waals surface area (Å²) in [7, 11) is 0. The maximum Gasteiger partial charge on any atom is 0.414 e. The van der Waals surface area contributed by atoms with E-state index in [0.717, 1.165) is 18.5 Å². The van der Waals surface area contributed by atoms with Crippen LogP contribution < -0.4 is 4.90 Å². The first-order chi connectivity index (χ1) is 8.42. The summed E-state index contributed by atoms with van der Waals surface area (Å²) < 4.78 is 5.37. The predicted molar refractivity (Wildman–Crippen MR) is 66.4 cm³/mol. The van der Waals surface area contributed by atoms with Crippen LogP contribution in [-0.2, 0) is 17.8 Å². The molecule has 0 bridgehead atoms. The molecule has 1 aromatic rings. The average molecular weight is 253 g/mol. The van der Waals surface area contributed by atoms with Gasteiger partial charge < -0.3 is 9.84 Å². The van der Waals surface area contributed by atoms with Crippen LogP contribution in [0.5, 0.6) is 0 Å². The number of aliphatic hydroxyl groups excluding tert-OH is 1. The fraction of sp³-hybridized carbons (Fsp3) is 0.667. The number of hydrogen-bond donors (Lipinski definition) is 2. The Morgan fingerprint density at radius 2 is 2.28 bits per heavy atom. The van der Waals surface area contributed by atoms with Gasteiger partial charge in [0.2, 0.25) is 0 Å². The van der Waals surface area contributed by atoms with Crippen LogP contribution in [0, 0.1) is 0 Å². The number of amides is 1. The van der Waals surface area contributed by atoms with Crippen LogP contribution in [0.1, 0.15) is 38.6 Å². The lowest BCUT2D eigenvalue weighted by atomic mass is 10.1. The number of aryl methyl sites for hydroxylation is 1. The second-order valence-corrected chi connectivity index (χ2v) is 5.39. The molecule has 6 nitrogen and oxygen atoms in total. The molecule has 0 aliphatic carbocycles. The van der Waals surface area contributed by atoms with Crippen molar-refractivity contribution >= 4 is 11.8 Å². The van der Waals surface area contributed by atoms with Gasteiger partial charge in [-0.3, -0.25) is 10.00 Å². The fourth-order valence-electron chi connectivity index (χ4n) is 2.04. The van der Waals surface area contributed by atoms with E-state index in [9.17, 15) is 9.90 Å². The zero-order valence-corrected chi connectivity index (χ0v) is 11.0. The molecule has 100 valence electrons. The van der Waals surface area contributed by atoms with E-state index < -0.39 is 5.60 Å². The van der Waals surface area contributed by atoms with Crippen molar-refractivity contribution in [2.24, 2.45) is 0 Å². The molecule has 0 atom stereocenters. The Morgan fingerprint density at radius 3 is 2.89 bits per heavy atom. The molecule has 2 heterocycles. The van der Waals surface area contributed by atoms with Crippen LogP contribution in [0.15, 0.2) is 0 Å². The lowest BCUT2D eigenvalue weighted by Crippen LogP contribution is -2.40. The smallest absolute Gasteiger partial charge is 0.414 e. The Kier molecular flexibility index (Phi) is 3.30. The van der Waals surface area contributed by atoms with Gasteiger partial charge in [-0.05, 0) is 33.6 Å². The minimum Gasteiger partial charge on any atom is -0.443 e. The quantitative estimate of drug-likeness (QED) is 0.796. The summed E-state index contributed by atoms with van der Waals surface area (Å²) in [6.07, 6.45) is 1.31. The average Bonchev–Trinajstić information content (AvgIpc) is 2.69. The van der Waals surface area contributed by atoms with Gasteiger partial charge >= 0.3 is 6.09 Å². The molecular formula is C12H19N3O3. The minimum atomic E-state index is -0.530. The maximum absolute atomic E-state index is 12.1. The number of rotatable bonds is 1. The van der Waals surface area contributed by atoms with E-state index in [1.165, 1.54) is 0 Å². The summed E-state index contributed by atoms with van der Waals surface area (Å²) in [6, 6.07) is 0. The van der Waals surface area contributed by atoms with Crippen molar-refractivity contribution < 1.29 is 14.6 Å². The molecule has 1 aliphatic heterocycles. The van der Waals surface area contributed by atoms with Gasteiger partial charge in [-0.2, -0.15) is 5.10 Å². The number of carbonyl (C=O) groups excluding carboxylic acids is 1. The lowest BCUT2D eigenvalue weighted by Gasteiger charge is -2.30. The number of ether oxygens (including phenoxy) is 1. The molecule has 18 heavy (non-hydrogen) atoms. The van der Waals surface area contributed by atoms with Crippen LogP contribution in [0.25, 0.3) is 0 Å². The molecule has 0 unspecified atom stereocenters. The van der Waals surface area contributed by atoms with E-state index in [2.05, 4.69) is 10.2 Å². The fourth-order valence-corrected chi connectivity index (χ4v) is 2.04. The van der Waals surface area contributed by atoms with Gasteiger partial charge in [0.05, 0.1) is 18.0 Å². The van der Waals surface area contributed by atoms with E-state index >= 15 is 0 Å². The molecule has 0 radical (unpaired) electrons. The minimum absolute atomic E-state index is 0.189. The third-order valence-electron chi connectivity index (χ3n) is 2.73. The number of anilines is 1. The number of nitrogens with zero attached hydrogens (tertiary/aromatic N) is 2. The highest BCUT2D eigenvalue weighted by molar-refractivity contribution is 5.90. The zero-order chi connectivity index (χ0) is 13.3. The second kappa shape index (κ2) is 4.61. The molecule has 2 rings (SSSR count). The Hall–Kier alpha value is -1.56. The number of aromatic amines is 1. The van der Waals surface area contributed by atoms with Gasteiger partial charge in [0.1, 0.15) is 11.3 Å². The topological polar surface area (TPSA) is 78.5 Å². The lowest BCUT2D eigenvalue weighted by molar-refractivity contribution is 0.0577. The number of hydrogen-bond acceptors (Lipinski definition) is 4. The third-order valence-corrected chi connectivity index (χ3v) is 2.73. The molecule has 2 N–H and O–H groups in total. The molecule has 6 heteroatoms. The SMILES string of the molecule is CC(C)(C)OC(=O)N1CCCc2[nH]nc(CO)c21. The largest absolute Gasteiger partial charge is 0.443 e. The second-order valence-electron chi connectivity index (χ2n) is 5.39. The summed E-state index contributed by atoms with van der Waals surface area (Å²) in [5, 5.41) is 16.1. The van der Waals surface area contributed by atoms with E-state index in [0.29, 0.717) is 17.9 Å². The Labute approximate surface area is 106 Å². The van der Waals surface area contributed by atoms with Gasteiger partial charge in [-0.25, -0.2) is 4.79 Å². The third kappa shape index (κ3) is 2.48. The standard InChI is InChI=1S/C12H19N3O3/c1-12(2,3)18-11(17)15-6-4-5-8-10(15)9(7-16)14-13-8/h16H,4-7H2,1-3H3,(H,13,14). The van der Waals surface area contributed by atoms with Crippen molar-refractivity contribution in [1.29, 1.82) is 0 Å². The summed E-state index contributed by atoms with van der Waals surface area (Å²) in [5.74, 6) is 0. The molecule has 0 spiro atoms. The first kappa shape index (κ1) is 12.9. The zero-order valence-electron chi connectivity index (χ0n) is 11.0. The van der Waals surface area contributed by atoms with Crippen LogP contribution >= 0.6 is 0 Å². The molecule has 0 saturated heterocycles. The first-order valence-electron chi connectivity index (χ1n) is 6.10. The maximum atomic E-state index is 12.1. The summed E-state index contributed by atoms with van der Waals surface area (Å²) in [6.45, 7) is 5.90. The Balaban J connectivity index is 2.26. The van der Waals surface area contributed by atoms with Gasteiger partial charge in [0.15, 0.2) is 0 Å². The number of H-pyrrole nitrogens is 1. The first-order valence-corrected chi connectivity index (χ1v) is 6.10. The van der Waals surface area contributed by atoms with E-state index in [4.69, 9.17) is 4.74 Å². The van der Waals surface area contributed by atoms with E-state index in [1.807, 2.05) is 20.8 Å². The number of aliphatic hydroxyl groups is 1. The summed E-state index contributed by atoms with van der Waals surface area (Å²) in [4.78, 5) is 13.7. The number of carbonyl (C=O) groups is 1. The highest BCUT2D eigenvalue weighted by Crippen LogP contribution is 2.30.